The third-order valence-corrected chi connectivity index (χ3v) is 5.29. The van der Waals surface area contributed by atoms with Crippen LogP contribution < -0.4 is 0 Å². The van der Waals surface area contributed by atoms with Gasteiger partial charge in [-0.1, -0.05) is 72.8 Å². The first-order chi connectivity index (χ1) is 11.8. The van der Waals surface area contributed by atoms with Gasteiger partial charge in [0.15, 0.2) is 0 Å². The van der Waals surface area contributed by atoms with E-state index >= 15 is 0 Å². The van der Waals surface area contributed by atoms with E-state index in [2.05, 4.69) is 0 Å². The summed E-state index contributed by atoms with van der Waals surface area (Å²) in [7, 11) is -5.49. The second-order valence-electron chi connectivity index (χ2n) is 5.39. The summed E-state index contributed by atoms with van der Waals surface area (Å²) >= 11 is 0. The van der Waals surface area contributed by atoms with Gasteiger partial charge >= 0.3 is 5.51 Å². The Morgan fingerprint density at radius 2 is 1.16 bits per heavy atom. The normalized spacial score (nSPS) is 12.1. The van der Waals surface area contributed by atoms with Gasteiger partial charge in [-0.25, -0.2) is 8.42 Å². The molecule has 0 atom stereocenters. The maximum Gasteiger partial charge on any atom is 0.501 e. The molecule has 128 valence electrons. The lowest BCUT2D eigenvalue weighted by Gasteiger charge is -2.15. The molecule has 0 saturated carbocycles. The highest BCUT2D eigenvalue weighted by atomic mass is 32.2. The van der Waals surface area contributed by atoms with Crippen LogP contribution in [-0.4, -0.2) is 13.9 Å². The molecule has 3 rings (SSSR count). The second-order valence-corrected chi connectivity index (χ2v) is 7.30. The van der Waals surface area contributed by atoms with Gasteiger partial charge in [0.1, 0.15) is 0 Å². The zero-order valence-electron chi connectivity index (χ0n) is 12.9. The van der Waals surface area contributed by atoms with Gasteiger partial charge in [-0.05, 0) is 22.8 Å². The van der Waals surface area contributed by atoms with Crippen molar-refractivity contribution in [2.24, 2.45) is 0 Å². The Kier molecular flexibility index (Phi) is 4.39. The van der Waals surface area contributed by atoms with Crippen molar-refractivity contribution in [3.63, 3.8) is 0 Å². The smallest absolute Gasteiger partial charge is 0.214 e. The Bertz CT molecular complexity index is 980. The van der Waals surface area contributed by atoms with E-state index in [0.29, 0.717) is 16.7 Å². The van der Waals surface area contributed by atoms with E-state index in [1.165, 1.54) is 6.07 Å². The van der Waals surface area contributed by atoms with Crippen molar-refractivity contribution in [2.45, 2.75) is 10.4 Å². The second kappa shape index (κ2) is 6.37. The predicted octanol–water partition coefficient (Wildman–Crippen LogP) is 5.31. The largest absolute Gasteiger partial charge is 0.501 e. The zero-order valence-corrected chi connectivity index (χ0v) is 13.7. The molecule has 6 heteroatoms. The molecule has 0 aromatic heterocycles. The lowest BCUT2D eigenvalue weighted by atomic mass is 10.0. The maximum atomic E-state index is 13.2. The summed E-state index contributed by atoms with van der Waals surface area (Å²) < 4.78 is 63.7. The standard InChI is InChI=1S/C19H13F3O2S/c20-19(21,22)25(23,24)18-13-16(14-7-3-1-4-8-14)11-12-17(18)15-9-5-2-6-10-15/h1-13H. The SMILES string of the molecule is O=S(=O)(c1cc(-c2ccccc2)ccc1-c1ccccc1)C(F)(F)F. The van der Waals surface area contributed by atoms with E-state index in [1.54, 1.807) is 66.7 Å². The third-order valence-electron chi connectivity index (χ3n) is 3.77. The van der Waals surface area contributed by atoms with Crippen molar-refractivity contribution in [1.29, 1.82) is 0 Å². The number of benzene rings is 3. The Hall–Kier alpha value is -2.60. The molecule has 0 fully saturated rings. The average molecular weight is 362 g/mol. The number of rotatable bonds is 3. The van der Waals surface area contributed by atoms with Crippen molar-refractivity contribution in [3.05, 3.63) is 78.9 Å². The molecule has 0 amide bonds. The van der Waals surface area contributed by atoms with Crippen LogP contribution in [0.4, 0.5) is 13.2 Å². The first kappa shape index (κ1) is 17.2. The summed E-state index contributed by atoms with van der Waals surface area (Å²) in [4.78, 5) is -0.743. The highest BCUT2D eigenvalue weighted by molar-refractivity contribution is 7.92. The Morgan fingerprint density at radius 1 is 0.640 bits per heavy atom. The molecule has 0 spiro atoms. The predicted molar refractivity (Wildman–Crippen MR) is 90.6 cm³/mol. The molecule has 0 radical (unpaired) electrons. The molecule has 0 aliphatic carbocycles. The number of alkyl halides is 3. The molecule has 0 bridgehead atoms. The first-order valence-corrected chi connectivity index (χ1v) is 8.85. The van der Waals surface area contributed by atoms with E-state index in [-0.39, 0.29) is 5.56 Å². The molecule has 3 aromatic rings. The molecule has 0 aliphatic rings. The van der Waals surface area contributed by atoms with Gasteiger partial charge in [0.2, 0.25) is 0 Å². The summed E-state index contributed by atoms with van der Waals surface area (Å²) in [6.45, 7) is 0. The number of halogens is 3. The minimum atomic E-state index is -5.49. The monoisotopic (exact) mass is 362 g/mol. The van der Waals surface area contributed by atoms with Gasteiger partial charge in [-0.15, -0.1) is 0 Å². The van der Waals surface area contributed by atoms with Crippen LogP contribution in [0, 0.1) is 0 Å². The zero-order chi connectivity index (χ0) is 18.1. The fourth-order valence-electron chi connectivity index (χ4n) is 2.54. The summed E-state index contributed by atoms with van der Waals surface area (Å²) in [5.74, 6) is 0. The van der Waals surface area contributed by atoms with Gasteiger partial charge in [0.05, 0.1) is 4.90 Å². The van der Waals surface area contributed by atoms with E-state index in [9.17, 15) is 21.6 Å². The molecule has 2 nitrogen and oxygen atoms in total. The molecule has 0 unspecified atom stereocenters. The van der Waals surface area contributed by atoms with Gasteiger partial charge in [-0.3, -0.25) is 0 Å². The van der Waals surface area contributed by atoms with Crippen LogP contribution in [0.3, 0.4) is 0 Å². The summed E-state index contributed by atoms with van der Waals surface area (Å²) in [5, 5.41) is 0. The molecule has 25 heavy (non-hydrogen) atoms. The first-order valence-electron chi connectivity index (χ1n) is 7.37. The Morgan fingerprint density at radius 3 is 1.68 bits per heavy atom. The quantitative estimate of drug-likeness (QED) is 0.632. The van der Waals surface area contributed by atoms with E-state index in [4.69, 9.17) is 0 Å². The third kappa shape index (κ3) is 3.30. The summed E-state index contributed by atoms with van der Waals surface area (Å²) in [5.41, 5.74) is -3.89. The van der Waals surface area contributed by atoms with Crippen molar-refractivity contribution in [2.75, 3.05) is 0 Å². The van der Waals surface area contributed by atoms with E-state index < -0.39 is 20.2 Å². The van der Waals surface area contributed by atoms with Gasteiger partial charge in [0.25, 0.3) is 9.84 Å². The topological polar surface area (TPSA) is 34.1 Å². The summed E-state index contributed by atoms with van der Waals surface area (Å²) in [6.07, 6.45) is 0. The van der Waals surface area contributed by atoms with Crippen LogP contribution in [0.5, 0.6) is 0 Å². The van der Waals surface area contributed by atoms with E-state index in [1.807, 2.05) is 0 Å². The fraction of sp³-hybridized carbons (Fsp3) is 0.0526. The highest BCUT2D eigenvalue weighted by Gasteiger charge is 2.48. The lowest BCUT2D eigenvalue weighted by Crippen LogP contribution is -2.24. The van der Waals surface area contributed by atoms with Crippen LogP contribution in [0.15, 0.2) is 83.8 Å². The Labute approximate surface area is 143 Å². The van der Waals surface area contributed by atoms with Crippen LogP contribution >= 0.6 is 0 Å². The van der Waals surface area contributed by atoms with Crippen molar-refractivity contribution in [1.82, 2.24) is 0 Å². The van der Waals surface area contributed by atoms with Gasteiger partial charge in [0, 0.05) is 5.56 Å². The molecule has 3 aromatic carbocycles. The minimum Gasteiger partial charge on any atom is -0.214 e. The van der Waals surface area contributed by atoms with Crippen LogP contribution in [-0.2, 0) is 9.84 Å². The van der Waals surface area contributed by atoms with Gasteiger partial charge < -0.3 is 0 Å². The molecule has 0 aliphatic heterocycles. The van der Waals surface area contributed by atoms with Crippen LogP contribution in [0.25, 0.3) is 22.3 Å². The Balaban J connectivity index is 2.28. The average Bonchev–Trinajstić information content (AvgIpc) is 2.62. The lowest BCUT2D eigenvalue weighted by molar-refractivity contribution is -0.0435. The van der Waals surface area contributed by atoms with Gasteiger partial charge in [-0.2, -0.15) is 13.2 Å². The molecular weight excluding hydrogens is 349 g/mol. The summed E-state index contributed by atoms with van der Waals surface area (Å²) in [6, 6.07) is 20.9. The number of hydrogen-bond acceptors (Lipinski definition) is 2. The number of sulfone groups is 1. The van der Waals surface area contributed by atoms with Crippen LogP contribution in [0.1, 0.15) is 0 Å². The number of hydrogen-bond donors (Lipinski definition) is 0. The van der Waals surface area contributed by atoms with Crippen LogP contribution in [0.2, 0.25) is 0 Å². The van der Waals surface area contributed by atoms with E-state index in [0.717, 1.165) is 6.07 Å². The van der Waals surface area contributed by atoms with Crippen molar-refractivity contribution >= 4 is 9.84 Å². The molecule has 0 saturated heterocycles. The maximum absolute atomic E-state index is 13.2. The van der Waals surface area contributed by atoms with Crippen molar-refractivity contribution in [3.8, 4) is 22.3 Å². The minimum absolute atomic E-state index is 0.0256. The molecular formula is C19H13F3O2S. The fourth-order valence-corrected chi connectivity index (χ4v) is 3.54. The highest BCUT2D eigenvalue weighted by Crippen LogP contribution is 2.38. The molecule has 0 N–H and O–H groups in total. The van der Waals surface area contributed by atoms with Crippen molar-refractivity contribution < 1.29 is 21.6 Å². The molecule has 0 heterocycles.